The molecule has 1 unspecified atom stereocenters. The molecule has 0 heterocycles. The third-order valence-electron chi connectivity index (χ3n) is 6.53. The molecule has 0 spiro atoms. The van der Waals surface area contributed by atoms with Crippen molar-refractivity contribution in [2.24, 2.45) is 17.8 Å². The highest BCUT2D eigenvalue weighted by Crippen LogP contribution is 2.31. The van der Waals surface area contributed by atoms with Gasteiger partial charge in [-0.2, -0.15) is 0 Å². The van der Waals surface area contributed by atoms with Gasteiger partial charge in [0.2, 0.25) is 0 Å². The molecule has 0 saturated heterocycles. The molecule has 3 rings (SSSR count). The van der Waals surface area contributed by atoms with E-state index in [1.165, 1.54) is 37.7 Å². The summed E-state index contributed by atoms with van der Waals surface area (Å²) in [5.41, 5.74) is 1.81. The van der Waals surface area contributed by atoms with Crippen LogP contribution >= 0.6 is 0 Å². The summed E-state index contributed by atoms with van der Waals surface area (Å²) in [6.45, 7) is 7.51. The lowest BCUT2D eigenvalue weighted by atomic mass is 9.81. The van der Waals surface area contributed by atoms with Crippen LogP contribution < -0.4 is 9.47 Å². The molecule has 0 amide bonds. The molecule has 3 heteroatoms. The van der Waals surface area contributed by atoms with Crippen LogP contribution in [0.15, 0.2) is 48.5 Å². The van der Waals surface area contributed by atoms with E-state index in [1.807, 2.05) is 36.4 Å². The zero-order valence-corrected chi connectivity index (χ0v) is 18.7. The number of ether oxygens (including phenoxy) is 2. The second kappa shape index (κ2) is 11.2. The van der Waals surface area contributed by atoms with Crippen LogP contribution in [0.3, 0.4) is 0 Å². The van der Waals surface area contributed by atoms with E-state index in [2.05, 4.69) is 20.8 Å². The first-order valence-corrected chi connectivity index (χ1v) is 11.6. The maximum absolute atomic E-state index is 12.4. The van der Waals surface area contributed by atoms with E-state index in [-0.39, 0.29) is 5.97 Å². The van der Waals surface area contributed by atoms with Crippen molar-refractivity contribution < 1.29 is 14.3 Å². The summed E-state index contributed by atoms with van der Waals surface area (Å²) in [5.74, 6) is 3.28. The smallest absolute Gasteiger partial charge is 0.343 e. The van der Waals surface area contributed by atoms with E-state index >= 15 is 0 Å². The number of carbonyl (C=O) groups is 1. The highest BCUT2D eigenvalue weighted by atomic mass is 16.5. The predicted molar refractivity (Wildman–Crippen MR) is 122 cm³/mol. The summed E-state index contributed by atoms with van der Waals surface area (Å²) in [6, 6.07) is 15.1. The molecular formula is C27H36O3. The van der Waals surface area contributed by atoms with Gasteiger partial charge in [-0.1, -0.05) is 58.6 Å². The maximum atomic E-state index is 12.4. The second-order valence-electron chi connectivity index (χ2n) is 8.88. The topological polar surface area (TPSA) is 35.5 Å². The average molecular weight is 409 g/mol. The SMILES string of the molecule is CCC(C)Cc1ccc(OC(=O)c2ccc(OCC3CCC(CC)CC3)cc2)cc1. The Balaban J connectivity index is 1.46. The summed E-state index contributed by atoms with van der Waals surface area (Å²) in [6.07, 6.45) is 8.69. The van der Waals surface area contributed by atoms with Crippen molar-refractivity contribution >= 4 is 5.97 Å². The minimum Gasteiger partial charge on any atom is -0.493 e. The van der Waals surface area contributed by atoms with Crippen LogP contribution in [0.4, 0.5) is 0 Å². The van der Waals surface area contributed by atoms with Gasteiger partial charge in [-0.15, -0.1) is 0 Å². The van der Waals surface area contributed by atoms with Crippen LogP contribution in [0.25, 0.3) is 0 Å². The number of rotatable bonds is 9. The lowest BCUT2D eigenvalue weighted by Crippen LogP contribution is -2.19. The molecule has 0 bridgehead atoms. The lowest BCUT2D eigenvalue weighted by Gasteiger charge is -2.27. The Morgan fingerprint density at radius 2 is 1.50 bits per heavy atom. The molecule has 0 aromatic heterocycles. The van der Waals surface area contributed by atoms with Gasteiger partial charge in [-0.05, 0) is 79.0 Å². The van der Waals surface area contributed by atoms with Gasteiger partial charge in [0.15, 0.2) is 0 Å². The van der Waals surface area contributed by atoms with E-state index in [0.717, 1.165) is 31.1 Å². The zero-order valence-electron chi connectivity index (χ0n) is 18.7. The van der Waals surface area contributed by atoms with E-state index in [1.54, 1.807) is 12.1 Å². The Morgan fingerprint density at radius 3 is 2.10 bits per heavy atom. The monoisotopic (exact) mass is 408 g/mol. The Morgan fingerprint density at radius 1 is 0.900 bits per heavy atom. The van der Waals surface area contributed by atoms with E-state index < -0.39 is 0 Å². The van der Waals surface area contributed by atoms with Gasteiger partial charge in [0.05, 0.1) is 12.2 Å². The third-order valence-corrected chi connectivity index (χ3v) is 6.53. The minimum atomic E-state index is -0.339. The summed E-state index contributed by atoms with van der Waals surface area (Å²) in [7, 11) is 0. The molecular weight excluding hydrogens is 372 g/mol. The first-order valence-electron chi connectivity index (χ1n) is 11.6. The van der Waals surface area contributed by atoms with Crippen LogP contribution in [0, 0.1) is 17.8 Å². The molecule has 0 N–H and O–H groups in total. The molecule has 1 aliphatic rings. The Labute approximate surface area is 181 Å². The molecule has 162 valence electrons. The molecule has 3 nitrogen and oxygen atoms in total. The van der Waals surface area contributed by atoms with Crippen LogP contribution in [0.5, 0.6) is 11.5 Å². The highest BCUT2D eigenvalue weighted by Gasteiger charge is 2.20. The zero-order chi connectivity index (χ0) is 21.3. The van der Waals surface area contributed by atoms with Crippen LogP contribution in [-0.2, 0) is 6.42 Å². The van der Waals surface area contributed by atoms with Crippen molar-refractivity contribution in [2.45, 2.75) is 65.7 Å². The molecule has 0 aliphatic heterocycles. The number of esters is 1. The van der Waals surface area contributed by atoms with Gasteiger partial charge in [0.25, 0.3) is 0 Å². The third kappa shape index (κ3) is 6.62. The number of hydrogen-bond acceptors (Lipinski definition) is 3. The normalized spacial score (nSPS) is 19.8. The number of carbonyl (C=O) groups excluding carboxylic acids is 1. The summed E-state index contributed by atoms with van der Waals surface area (Å²) in [4.78, 5) is 12.4. The lowest BCUT2D eigenvalue weighted by molar-refractivity contribution is 0.0734. The predicted octanol–water partition coefficient (Wildman–Crippen LogP) is 7.09. The van der Waals surface area contributed by atoms with Crippen molar-refractivity contribution in [3.63, 3.8) is 0 Å². The van der Waals surface area contributed by atoms with Gasteiger partial charge < -0.3 is 9.47 Å². The summed E-state index contributed by atoms with van der Waals surface area (Å²) < 4.78 is 11.5. The Bertz CT molecular complexity index is 771. The van der Waals surface area contributed by atoms with Crippen molar-refractivity contribution in [3.8, 4) is 11.5 Å². The number of benzene rings is 2. The van der Waals surface area contributed by atoms with E-state index in [9.17, 15) is 4.79 Å². The first-order chi connectivity index (χ1) is 14.6. The van der Waals surface area contributed by atoms with Crippen molar-refractivity contribution in [1.82, 2.24) is 0 Å². The Hall–Kier alpha value is -2.29. The van der Waals surface area contributed by atoms with Gasteiger partial charge in [0.1, 0.15) is 11.5 Å². The van der Waals surface area contributed by atoms with Gasteiger partial charge in [-0.3, -0.25) is 0 Å². The van der Waals surface area contributed by atoms with Gasteiger partial charge in [-0.25, -0.2) is 4.79 Å². The molecule has 30 heavy (non-hydrogen) atoms. The largest absolute Gasteiger partial charge is 0.493 e. The van der Waals surface area contributed by atoms with E-state index in [4.69, 9.17) is 9.47 Å². The molecule has 1 fully saturated rings. The molecule has 0 radical (unpaired) electrons. The average Bonchev–Trinajstić information content (AvgIpc) is 2.79. The molecule has 2 aromatic rings. The summed E-state index contributed by atoms with van der Waals surface area (Å²) in [5, 5.41) is 0. The quantitative estimate of drug-likeness (QED) is 0.328. The van der Waals surface area contributed by atoms with Crippen molar-refractivity contribution in [3.05, 3.63) is 59.7 Å². The molecule has 1 atom stereocenters. The summed E-state index contributed by atoms with van der Waals surface area (Å²) >= 11 is 0. The van der Waals surface area contributed by atoms with Crippen LogP contribution in [0.1, 0.15) is 75.2 Å². The van der Waals surface area contributed by atoms with Crippen LogP contribution in [-0.4, -0.2) is 12.6 Å². The van der Waals surface area contributed by atoms with Crippen LogP contribution in [0.2, 0.25) is 0 Å². The fourth-order valence-electron chi connectivity index (χ4n) is 4.11. The van der Waals surface area contributed by atoms with Gasteiger partial charge >= 0.3 is 5.97 Å². The maximum Gasteiger partial charge on any atom is 0.343 e. The van der Waals surface area contributed by atoms with Crippen molar-refractivity contribution in [1.29, 1.82) is 0 Å². The fraction of sp³-hybridized carbons (Fsp3) is 0.519. The minimum absolute atomic E-state index is 0.339. The van der Waals surface area contributed by atoms with E-state index in [0.29, 0.717) is 23.1 Å². The molecule has 2 aromatic carbocycles. The molecule has 1 saturated carbocycles. The number of hydrogen-bond donors (Lipinski definition) is 0. The molecule has 1 aliphatic carbocycles. The Kier molecular flexibility index (Phi) is 8.36. The van der Waals surface area contributed by atoms with Gasteiger partial charge in [0, 0.05) is 0 Å². The van der Waals surface area contributed by atoms with Crippen molar-refractivity contribution in [2.75, 3.05) is 6.61 Å². The fourth-order valence-corrected chi connectivity index (χ4v) is 4.11. The highest BCUT2D eigenvalue weighted by molar-refractivity contribution is 5.91. The standard InChI is InChI=1S/C27H36O3/c1-4-20(3)18-22-10-14-26(15-11-22)30-27(28)24-12-16-25(17-13-24)29-19-23-8-6-21(5-2)7-9-23/h10-17,20-21,23H,4-9,18-19H2,1-3H3. The second-order valence-corrected chi connectivity index (χ2v) is 8.88. The first kappa shape index (κ1) is 22.4.